The van der Waals surface area contributed by atoms with E-state index < -0.39 is 0 Å². The predicted octanol–water partition coefficient (Wildman–Crippen LogP) is 4.06. The summed E-state index contributed by atoms with van der Waals surface area (Å²) in [6.45, 7) is 5.42. The molecule has 3 rings (SSSR count). The molecule has 23 heavy (non-hydrogen) atoms. The SMILES string of the molecule is COc1cc2c(cc1OC)C(c1ccc(C(C)C)cc1)NCC2. The molecule has 122 valence electrons. The molecule has 0 radical (unpaired) electrons. The van der Waals surface area contributed by atoms with Crippen molar-refractivity contribution in [2.45, 2.75) is 32.2 Å². The molecule has 2 aromatic carbocycles. The lowest BCUT2D eigenvalue weighted by Crippen LogP contribution is -2.30. The summed E-state index contributed by atoms with van der Waals surface area (Å²) in [5, 5.41) is 3.63. The van der Waals surface area contributed by atoms with Crippen molar-refractivity contribution in [1.82, 2.24) is 5.32 Å². The van der Waals surface area contributed by atoms with Crippen LogP contribution in [-0.4, -0.2) is 20.8 Å². The van der Waals surface area contributed by atoms with Gasteiger partial charge in [-0.05, 0) is 46.7 Å². The Morgan fingerprint density at radius 2 is 1.65 bits per heavy atom. The Kier molecular flexibility index (Phi) is 4.58. The zero-order chi connectivity index (χ0) is 16.4. The van der Waals surface area contributed by atoms with Crippen molar-refractivity contribution in [2.75, 3.05) is 20.8 Å². The first-order valence-corrected chi connectivity index (χ1v) is 8.22. The molecule has 0 saturated carbocycles. The lowest BCUT2D eigenvalue weighted by Gasteiger charge is -2.28. The molecule has 1 aliphatic heterocycles. The van der Waals surface area contributed by atoms with Crippen LogP contribution >= 0.6 is 0 Å². The number of rotatable bonds is 4. The van der Waals surface area contributed by atoms with Gasteiger partial charge in [0.25, 0.3) is 0 Å². The summed E-state index contributed by atoms with van der Waals surface area (Å²) in [5.41, 5.74) is 5.28. The van der Waals surface area contributed by atoms with E-state index in [2.05, 4.69) is 55.6 Å². The van der Waals surface area contributed by atoms with Gasteiger partial charge in [0, 0.05) is 6.54 Å². The van der Waals surface area contributed by atoms with Crippen LogP contribution in [0, 0.1) is 0 Å². The summed E-state index contributed by atoms with van der Waals surface area (Å²) in [6, 6.07) is 13.4. The van der Waals surface area contributed by atoms with E-state index in [1.165, 1.54) is 22.3 Å². The second-order valence-electron chi connectivity index (χ2n) is 6.36. The van der Waals surface area contributed by atoms with Crippen molar-refractivity contribution in [2.24, 2.45) is 0 Å². The van der Waals surface area contributed by atoms with Crippen molar-refractivity contribution >= 4 is 0 Å². The van der Waals surface area contributed by atoms with Crippen LogP contribution in [0.2, 0.25) is 0 Å². The smallest absolute Gasteiger partial charge is 0.161 e. The minimum Gasteiger partial charge on any atom is -0.493 e. The van der Waals surface area contributed by atoms with Crippen molar-refractivity contribution in [1.29, 1.82) is 0 Å². The summed E-state index contributed by atoms with van der Waals surface area (Å²) in [6.07, 6.45) is 1.01. The lowest BCUT2D eigenvalue weighted by molar-refractivity contribution is 0.353. The number of ether oxygens (including phenoxy) is 2. The standard InChI is InChI=1S/C20H25NO2/c1-13(2)14-5-7-15(8-6-14)20-17-12-19(23-4)18(22-3)11-16(17)9-10-21-20/h5-8,11-13,20-21H,9-10H2,1-4H3. The van der Waals surface area contributed by atoms with Crippen LogP contribution in [0.3, 0.4) is 0 Å². The molecule has 0 bridgehead atoms. The maximum atomic E-state index is 5.48. The van der Waals surface area contributed by atoms with Gasteiger partial charge in [-0.15, -0.1) is 0 Å². The van der Waals surface area contributed by atoms with E-state index >= 15 is 0 Å². The van der Waals surface area contributed by atoms with Gasteiger partial charge in [-0.2, -0.15) is 0 Å². The minimum absolute atomic E-state index is 0.208. The van der Waals surface area contributed by atoms with Crippen LogP contribution in [0.1, 0.15) is 48.1 Å². The van der Waals surface area contributed by atoms with Crippen LogP contribution in [-0.2, 0) is 6.42 Å². The van der Waals surface area contributed by atoms with Crippen LogP contribution in [0.25, 0.3) is 0 Å². The molecule has 1 N–H and O–H groups in total. The maximum Gasteiger partial charge on any atom is 0.161 e. The van der Waals surface area contributed by atoms with Crippen LogP contribution < -0.4 is 14.8 Å². The third-order valence-corrected chi connectivity index (χ3v) is 4.64. The third-order valence-electron chi connectivity index (χ3n) is 4.64. The van der Waals surface area contributed by atoms with Gasteiger partial charge in [-0.3, -0.25) is 0 Å². The molecule has 0 saturated heterocycles. The second kappa shape index (κ2) is 6.63. The molecule has 0 aromatic heterocycles. The number of hydrogen-bond acceptors (Lipinski definition) is 3. The highest BCUT2D eigenvalue weighted by Crippen LogP contribution is 2.37. The largest absolute Gasteiger partial charge is 0.493 e. The molecule has 1 aliphatic rings. The van der Waals surface area contributed by atoms with Gasteiger partial charge in [0.1, 0.15) is 0 Å². The fourth-order valence-corrected chi connectivity index (χ4v) is 3.25. The monoisotopic (exact) mass is 311 g/mol. The number of methoxy groups -OCH3 is 2. The first-order valence-electron chi connectivity index (χ1n) is 8.22. The Balaban J connectivity index is 2.00. The van der Waals surface area contributed by atoms with Gasteiger partial charge in [0.15, 0.2) is 11.5 Å². The fourth-order valence-electron chi connectivity index (χ4n) is 3.25. The summed E-state index contributed by atoms with van der Waals surface area (Å²) >= 11 is 0. The molecule has 1 heterocycles. The van der Waals surface area contributed by atoms with Gasteiger partial charge < -0.3 is 14.8 Å². The molecule has 1 unspecified atom stereocenters. The molecule has 0 fully saturated rings. The average Bonchev–Trinajstić information content (AvgIpc) is 2.60. The topological polar surface area (TPSA) is 30.5 Å². The van der Waals surface area contributed by atoms with Crippen molar-refractivity contribution < 1.29 is 9.47 Å². The summed E-state index contributed by atoms with van der Waals surface area (Å²) in [4.78, 5) is 0. The molecule has 2 aromatic rings. The fraction of sp³-hybridized carbons (Fsp3) is 0.400. The highest BCUT2D eigenvalue weighted by molar-refractivity contribution is 5.51. The summed E-state index contributed by atoms with van der Waals surface area (Å²) in [5.74, 6) is 2.15. The highest BCUT2D eigenvalue weighted by Gasteiger charge is 2.23. The van der Waals surface area contributed by atoms with E-state index in [1.54, 1.807) is 14.2 Å². The normalized spacial score (nSPS) is 17.0. The molecule has 0 spiro atoms. The predicted molar refractivity (Wildman–Crippen MR) is 93.6 cm³/mol. The third kappa shape index (κ3) is 3.06. The van der Waals surface area contributed by atoms with Crippen molar-refractivity contribution in [3.8, 4) is 11.5 Å². The van der Waals surface area contributed by atoms with E-state index in [1.807, 2.05) is 0 Å². The summed E-state index contributed by atoms with van der Waals surface area (Å²) in [7, 11) is 3.38. The Labute approximate surface area is 138 Å². The Morgan fingerprint density at radius 3 is 2.26 bits per heavy atom. The van der Waals surface area contributed by atoms with E-state index in [-0.39, 0.29) is 6.04 Å². The molecule has 0 amide bonds. The number of nitrogens with one attached hydrogen (secondary N) is 1. The molecule has 3 heteroatoms. The average molecular weight is 311 g/mol. The van der Waals surface area contributed by atoms with Crippen molar-refractivity contribution in [3.63, 3.8) is 0 Å². The quantitative estimate of drug-likeness (QED) is 0.923. The summed E-state index contributed by atoms with van der Waals surface area (Å²) < 4.78 is 10.9. The minimum atomic E-state index is 0.208. The molecule has 3 nitrogen and oxygen atoms in total. The molecule has 1 atom stereocenters. The molecule has 0 aliphatic carbocycles. The first kappa shape index (κ1) is 15.9. The lowest BCUT2D eigenvalue weighted by atomic mass is 9.88. The van der Waals surface area contributed by atoms with Gasteiger partial charge in [-0.1, -0.05) is 38.1 Å². The van der Waals surface area contributed by atoms with Crippen LogP contribution in [0.5, 0.6) is 11.5 Å². The Bertz CT molecular complexity index is 677. The van der Waals surface area contributed by atoms with Crippen LogP contribution in [0.4, 0.5) is 0 Å². The Hall–Kier alpha value is -2.00. The van der Waals surface area contributed by atoms with E-state index in [0.29, 0.717) is 5.92 Å². The number of hydrogen-bond donors (Lipinski definition) is 1. The van der Waals surface area contributed by atoms with E-state index in [0.717, 1.165) is 24.5 Å². The van der Waals surface area contributed by atoms with E-state index in [9.17, 15) is 0 Å². The van der Waals surface area contributed by atoms with Gasteiger partial charge >= 0.3 is 0 Å². The molecular formula is C20H25NO2. The molecular weight excluding hydrogens is 286 g/mol. The first-order chi connectivity index (χ1) is 11.1. The number of benzene rings is 2. The van der Waals surface area contributed by atoms with Gasteiger partial charge in [0.05, 0.1) is 20.3 Å². The zero-order valence-electron chi connectivity index (χ0n) is 14.3. The van der Waals surface area contributed by atoms with E-state index in [4.69, 9.17) is 9.47 Å². The Morgan fingerprint density at radius 1 is 1.00 bits per heavy atom. The van der Waals surface area contributed by atoms with Crippen molar-refractivity contribution in [3.05, 3.63) is 58.7 Å². The number of fused-ring (bicyclic) bond motifs is 1. The van der Waals surface area contributed by atoms with Gasteiger partial charge in [-0.25, -0.2) is 0 Å². The second-order valence-corrected chi connectivity index (χ2v) is 6.36. The highest BCUT2D eigenvalue weighted by atomic mass is 16.5. The van der Waals surface area contributed by atoms with Gasteiger partial charge in [0.2, 0.25) is 0 Å². The zero-order valence-corrected chi connectivity index (χ0v) is 14.3. The maximum absolute atomic E-state index is 5.48. The van der Waals surface area contributed by atoms with Crippen LogP contribution in [0.15, 0.2) is 36.4 Å².